The molecule has 0 N–H and O–H groups in total. The van der Waals surface area contributed by atoms with Crippen molar-refractivity contribution < 1.29 is 35.3 Å². The lowest BCUT2D eigenvalue weighted by molar-refractivity contribution is -0.0585. The smallest absolute Gasteiger partial charge is 0.485 e. The van der Waals surface area contributed by atoms with Crippen LogP contribution >= 0.6 is 0 Å². The van der Waals surface area contributed by atoms with E-state index in [2.05, 4.69) is 4.18 Å². The van der Waals surface area contributed by atoms with Gasteiger partial charge in [-0.3, -0.25) is 8.98 Å². The summed E-state index contributed by atoms with van der Waals surface area (Å²) >= 11 is 0. The molecule has 0 atom stereocenters. The Morgan fingerprint density at radius 1 is 1.16 bits per heavy atom. The Bertz CT molecular complexity index is 782. The Balaban J connectivity index is 2.17. The lowest BCUT2D eigenvalue weighted by atomic mass is 9.87. The van der Waals surface area contributed by atoms with E-state index in [1.807, 2.05) is 0 Å². The lowest BCUT2D eigenvalue weighted by Gasteiger charge is -2.28. The van der Waals surface area contributed by atoms with Gasteiger partial charge in [-0.25, -0.2) is 0 Å². The van der Waals surface area contributed by atoms with Gasteiger partial charge >= 0.3 is 15.6 Å². The van der Waals surface area contributed by atoms with Crippen LogP contribution in [0.4, 0.5) is 13.2 Å². The van der Waals surface area contributed by atoms with Crippen molar-refractivity contribution in [3.8, 4) is 5.75 Å². The number of benzene rings is 1. The molecule has 0 unspecified atom stereocenters. The third-order valence-electron chi connectivity index (χ3n) is 3.91. The van der Waals surface area contributed by atoms with Gasteiger partial charge < -0.3 is 4.74 Å². The van der Waals surface area contributed by atoms with Crippen LogP contribution in [-0.2, 0) is 20.7 Å². The predicted octanol–water partition coefficient (Wildman–Crippen LogP) is 3.54. The molecular weight excluding hydrogens is 361 g/mol. The average molecular weight is 380 g/mol. The topological polar surface area (TPSA) is 69.7 Å². The first-order chi connectivity index (χ1) is 11.3. The van der Waals surface area contributed by atoms with Crippen LogP contribution in [0.15, 0.2) is 12.1 Å². The van der Waals surface area contributed by atoms with E-state index in [4.69, 9.17) is 4.74 Å². The molecule has 0 saturated carbocycles. The van der Waals surface area contributed by atoms with Crippen molar-refractivity contribution in [3.63, 3.8) is 0 Å². The SMILES string of the molecule is Cc1c(OC(C)(C)COS(=O)(=O)C(F)(F)F)ccc2c1CCCC2=O. The summed E-state index contributed by atoms with van der Waals surface area (Å²) in [6.45, 7) is 3.80. The molecule has 0 amide bonds. The lowest BCUT2D eigenvalue weighted by Crippen LogP contribution is -2.38. The highest BCUT2D eigenvalue weighted by Gasteiger charge is 2.48. The van der Waals surface area contributed by atoms with Crippen LogP contribution in [0.2, 0.25) is 0 Å². The number of rotatable bonds is 5. The van der Waals surface area contributed by atoms with Gasteiger partial charge in [-0.2, -0.15) is 21.6 Å². The summed E-state index contributed by atoms with van der Waals surface area (Å²) in [5.41, 5.74) is -4.60. The van der Waals surface area contributed by atoms with Crippen LogP contribution < -0.4 is 4.74 Å². The van der Waals surface area contributed by atoms with E-state index in [0.29, 0.717) is 24.2 Å². The van der Waals surface area contributed by atoms with E-state index in [9.17, 15) is 26.4 Å². The number of halogens is 3. The molecule has 1 aromatic rings. The standard InChI is InChI=1S/C16H19F3O5S/c1-10-11-5-4-6-13(20)12(11)7-8-14(10)24-15(2,3)9-23-25(21,22)16(17,18)19/h7-8H,4-6,9H2,1-3H3. The van der Waals surface area contributed by atoms with Crippen LogP contribution in [0.3, 0.4) is 0 Å². The van der Waals surface area contributed by atoms with Crippen LogP contribution in [-0.4, -0.2) is 31.9 Å². The van der Waals surface area contributed by atoms with Crippen LogP contribution in [0.5, 0.6) is 5.75 Å². The van der Waals surface area contributed by atoms with Crippen molar-refractivity contribution in [2.24, 2.45) is 0 Å². The highest BCUT2D eigenvalue weighted by Crippen LogP contribution is 2.33. The molecule has 1 aliphatic rings. The van der Waals surface area contributed by atoms with E-state index in [0.717, 1.165) is 17.5 Å². The molecule has 0 aromatic heterocycles. The maximum atomic E-state index is 12.3. The molecule has 0 bridgehead atoms. The number of hydrogen-bond acceptors (Lipinski definition) is 5. The Labute approximate surface area is 144 Å². The second-order valence-electron chi connectivity index (χ2n) is 6.52. The van der Waals surface area contributed by atoms with Crippen molar-refractivity contribution >= 4 is 15.9 Å². The largest absolute Gasteiger partial charge is 0.523 e. The number of ketones is 1. The molecule has 140 valence electrons. The van der Waals surface area contributed by atoms with Crippen molar-refractivity contribution in [1.82, 2.24) is 0 Å². The fourth-order valence-corrected chi connectivity index (χ4v) is 3.18. The summed E-state index contributed by atoms with van der Waals surface area (Å²) < 4.78 is 68.8. The fourth-order valence-electron chi connectivity index (χ4n) is 2.60. The molecule has 25 heavy (non-hydrogen) atoms. The molecule has 9 heteroatoms. The van der Waals surface area contributed by atoms with Crippen molar-refractivity contribution in [2.45, 2.75) is 51.1 Å². The van der Waals surface area contributed by atoms with Crippen molar-refractivity contribution in [1.29, 1.82) is 0 Å². The zero-order chi connectivity index (χ0) is 19.0. The predicted molar refractivity (Wildman–Crippen MR) is 84.1 cm³/mol. The Morgan fingerprint density at radius 3 is 2.40 bits per heavy atom. The second kappa shape index (κ2) is 6.60. The minimum absolute atomic E-state index is 0.0507. The number of alkyl halides is 3. The van der Waals surface area contributed by atoms with E-state index in [1.165, 1.54) is 13.8 Å². The van der Waals surface area contributed by atoms with Crippen LogP contribution in [0.1, 0.15) is 48.2 Å². The Hall–Kier alpha value is -1.61. The van der Waals surface area contributed by atoms with Crippen LogP contribution in [0.25, 0.3) is 0 Å². The summed E-state index contributed by atoms with van der Waals surface area (Å²) in [5, 5.41) is 0. The molecule has 0 heterocycles. The summed E-state index contributed by atoms with van der Waals surface area (Å²) in [6.07, 6.45) is 1.93. The molecule has 0 fully saturated rings. The van der Waals surface area contributed by atoms with Gasteiger partial charge in [-0.05, 0) is 56.9 Å². The van der Waals surface area contributed by atoms with E-state index in [-0.39, 0.29) is 5.78 Å². The molecule has 0 radical (unpaired) electrons. The number of ether oxygens (including phenoxy) is 1. The molecule has 2 rings (SSSR count). The van der Waals surface area contributed by atoms with Gasteiger partial charge in [-0.15, -0.1) is 0 Å². The second-order valence-corrected chi connectivity index (χ2v) is 8.12. The van der Waals surface area contributed by atoms with E-state index < -0.39 is 27.8 Å². The maximum Gasteiger partial charge on any atom is 0.523 e. The number of hydrogen-bond donors (Lipinski definition) is 0. The molecule has 0 aliphatic heterocycles. The first kappa shape index (κ1) is 19.7. The van der Waals surface area contributed by atoms with Gasteiger partial charge in [0.2, 0.25) is 0 Å². The van der Waals surface area contributed by atoms with Crippen molar-refractivity contribution in [3.05, 3.63) is 28.8 Å². The van der Waals surface area contributed by atoms with E-state index >= 15 is 0 Å². The van der Waals surface area contributed by atoms with Gasteiger partial charge in [0.15, 0.2) is 5.78 Å². The third-order valence-corrected chi connectivity index (χ3v) is 4.91. The normalized spacial score (nSPS) is 15.8. The first-order valence-electron chi connectivity index (χ1n) is 7.64. The van der Waals surface area contributed by atoms with Crippen molar-refractivity contribution in [2.75, 3.05) is 6.61 Å². The maximum absolute atomic E-state index is 12.3. The van der Waals surface area contributed by atoms with Gasteiger partial charge in [0.05, 0.1) is 0 Å². The zero-order valence-electron chi connectivity index (χ0n) is 14.1. The summed E-state index contributed by atoms with van der Waals surface area (Å²) in [4.78, 5) is 11.9. The molecule has 1 aliphatic carbocycles. The zero-order valence-corrected chi connectivity index (χ0v) is 14.9. The first-order valence-corrected chi connectivity index (χ1v) is 9.05. The number of carbonyl (C=O) groups excluding carboxylic acids is 1. The minimum Gasteiger partial charge on any atom is -0.485 e. The number of fused-ring (bicyclic) bond motifs is 1. The third kappa shape index (κ3) is 4.33. The summed E-state index contributed by atoms with van der Waals surface area (Å²) in [7, 11) is -5.68. The molecule has 0 saturated heterocycles. The molecule has 5 nitrogen and oxygen atoms in total. The quantitative estimate of drug-likeness (QED) is 0.577. The van der Waals surface area contributed by atoms with E-state index in [1.54, 1.807) is 19.1 Å². The van der Waals surface area contributed by atoms with Crippen LogP contribution in [0, 0.1) is 6.92 Å². The van der Waals surface area contributed by atoms with Gasteiger partial charge in [0.25, 0.3) is 0 Å². The summed E-state index contributed by atoms with van der Waals surface area (Å²) in [6, 6.07) is 3.19. The monoisotopic (exact) mass is 380 g/mol. The minimum atomic E-state index is -5.68. The molecule has 1 aromatic carbocycles. The van der Waals surface area contributed by atoms with Gasteiger partial charge in [0, 0.05) is 12.0 Å². The average Bonchev–Trinajstić information content (AvgIpc) is 2.48. The number of carbonyl (C=O) groups is 1. The summed E-state index contributed by atoms with van der Waals surface area (Å²) in [5.74, 6) is 0.432. The fraction of sp³-hybridized carbons (Fsp3) is 0.562. The number of Topliss-reactive ketones (excluding diaryl/α,β-unsaturated/α-hetero) is 1. The Kier molecular flexibility index (Phi) is 5.21. The Morgan fingerprint density at radius 2 is 1.80 bits per heavy atom. The molecular formula is C16H19F3O5S. The molecule has 0 spiro atoms. The van der Waals surface area contributed by atoms with Gasteiger partial charge in [0.1, 0.15) is 18.0 Å². The van der Waals surface area contributed by atoms with Gasteiger partial charge in [-0.1, -0.05) is 0 Å². The highest BCUT2D eigenvalue weighted by atomic mass is 32.2. The highest BCUT2D eigenvalue weighted by molar-refractivity contribution is 7.87.